The van der Waals surface area contributed by atoms with Gasteiger partial charge in [0.05, 0.1) is 23.0 Å². The molecule has 1 heterocycles. The molecule has 7 nitrogen and oxygen atoms in total. The summed E-state index contributed by atoms with van der Waals surface area (Å²) in [5.41, 5.74) is 1.39. The molecule has 2 aromatic carbocycles. The lowest BCUT2D eigenvalue weighted by Crippen LogP contribution is -2.39. The van der Waals surface area contributed by atoms with Gasteiger partial charge in [0.2, 0.25) is 15.9 Å². The zero-order chi connectivity index (χ0) is 19.6. The van der Waals surface area contributed by atoms with Crippen molar-refractivity contribution in [1.29, 1.82) is 0 Å². The molecule has 0 spiro atoms. The first-order valence-electron chi connectivity index (χ1n) is 8.23. The third kappa shape index (κ3) is 4.54. The van der Waals surface area contributed by atoms with Gasteiger partial charge in [-0.15, -0.1) is 0 Å². The fourth-order valence-electron chi connectivity index (χ4n) is 2.89. The predicted octanol–water partition coefficient (Wildman–Crippen LogP) is 1.45. The van der Waals surface area contributed by atoms with Crippen molar-refractivity contribution in [3.05, 3.63) is 59.1 Å². The number of hydrogen-bond donors (Lipinski definition) is 2. The summed E-state index contributed by atoms with van der Waals surface area (Å²) in [5, 5.41) is 8.68. The minimum absolute atomic E-state index is 0.0504. The van der Waals surface area contributed by atoms with Gasteiger partial charge in [0, 0.05) is 5.02 Å². The number of anilines is 1. The van der Waals surface area contributed by atoms with Crippen molar-refractivity contribution in [3.63, 3.8) is 0 Å². The van der Waals surface area contributed by atoms with Gasteiger partial charge in [0.25, 0.3) is 5.91 Å². The quantitative estimate of drug-likeness (QED) is 0.704. The van der Waals surface area contributed by atoms with Crippen molar-refractivity contribution in [2.24, 2.45) is 5.14 Å². The summed E-state index contributed by atoms with van der Waals surface area (Å²) < 4.78 is 22.5. The number of nitrogens with one attached hydrogen (secondary N) is 1. The molecule has 0 radical (unpaired) electrons. The smallest absolute Gasteiger partial charge is 0.251 e. The summed E-state index contributed by atoms with van der Waals surface area (Å²) in [6.07, 6.45) is 0.662. The van der Waals surface area contributed by atoms with Gasteiger partial charge in [-0.25, -0.2) is 18.5 Å². The number of nitrogens with two attached hydrogens (primary N) is 1. The Bertz CT molecular complexity index is 959. The van der Waals surface area contributed by atoms with Gasteiger partial charge in [0.15, 0.2) is 0 Å². The van der Waals surface area contributed by atoms with E-state index in [1.54, 1.807) is 36.4 Å². The van der Waals surface area contributed by atoms with Gasteiger partial charge in [-0.3, -0.25) is 9.59 Å². The Morgan fingerprint density at radius 2 is 1.70 bits per heavy atom. The minimum atomic E-state index is -3.71. The first kappa shape index (κ1) is 19.5. The van der Waals surface area contributed by atoms with Gasteiger partial charge in [-0.2, -0.15) is 0 Å². The van der Waals surface area contributed by atoms with E-state index in [0.717, 1.165) is 10.5 Å². The van der Waals surface area contributed by atoms with Gasteiger partial charge in [0.1, 0.15) is 0 Å². The van der Waals surface area contributed by atoms with Crippen LogP contribution in [0.4, 0.5) is 5.69 Å². The molecule has 1 aliphatic rings. The lowest BCUT2D eigenvalue weighted by Gasteiger charge is -2.15. The topological polar surface area (TPSA) is 110 Å². The molecule has 0 aromatic heterocycles. The number of benzene rings is 2. The zero-order valence-electron chi connectivity index (χ0n) is 14.3. The number of rotatable bonds is 6. The molecule has 3 N–H and O–H groups in total. The van der Waals surface area contributed by atoms with Crippen LogP contribution < -0.4 is 15.4 Å². The molecule has 1 aliphatic heterocycles. The van der Waals surface area contributed by atoms with Crippen LogP contribution in [0.1, 0.15) is 12.0 Å². The summed E-state index contributed by atoms with van der Waals surface area (Å²) >= 11 is 5.84. The predicted molar refractivity (Wildman–Crippen MR) is 102 cm³/mol. The number of imide groups is 1. The first-order chi connectivity index (χ1) is 12.8. The Morgan fingerprint density at radius 3 is 2.30 bits per heavy atom. The van der Waals surface area contributed by atoms with Crippen molar-refractivity contribution >= 4 is 39.1 Å². The van der Waals surface area contributed by atoms with Crippen LogP contribution in [0.5, 0.6) is 0 Å². The molecule has 27 heavy (non-hydrogen) atoms. The fourth-order valence-corrected chi connectivity index (χ4v) is 3.53. The second-order valence-electron chi connectivity index (χ2n) is 6.19. The highest BCUT2D eigenvalue weighted by atomic mass is 35.5. The van der Waals surface area contributed by atoms with E-state index in [9.17, 15) is 18.0 Å². The van der Waals surface area contributed by atoms with Gasteiger partial charge in [-0.1, -0.05) is 23.7 Å². The molecular weight excluding hydrogens is 390 g/mol. The molecule has 1 fully saturated rings. The number of sulfonamides is 1. The molecule has 142 valence electrons. The molecular formula is C18H18ClN3O4S. The van der Waals surface area contributed by atoms with Crippen LogP contribution in [0.2, 0.25) is 5.02 Å². The van der Waals surface area contributed by atoms with Crippen molar-refractivity contribution in [3.8, 4) is 0 Å². The Hall–Kier alpha value is -2.26. The van der Waals surface area contributed by atoms with Crippen molar-refractivity contribution in [1.82, 2.24) is 5.32 Å². The summed E-state index contributed by atoms with van der Waals surface area (Å²) in [5.74, 6) is -0.566. The van der Waals surface area contributed by atoms with Crippen molar-refractivity contribution in [2.75, 3.05) is 11.4 Å². The van der Waals surface area contributed by atoms with E-state index in [4.69, 9.17) is 16.7 Å². The van der Waals surface area contributed by atoms with Crippen LogP contribution in [0.15, 0.2) is 53.4 Å². The normalized spacial score (nSPS) is 17.6. The Labute approximate surface area is 162 Å². The highest BCUT2D eigenvalue weighted by molar-refractivity contribution is 7.89. The van der Waals surface area contributed by atoms with Crippen molar-refractivity contribution in [2.45, 2.75) is 23.8 Å². The van der Waals surface area contributed by atoms with E-state index in [1.807, 2.05) is 0 Å². The summed E-state index contributed by atoms with van der Waals surface area (Å²) in [7, 11) is -3.71. The maximum Gasteiger partial charge on any atom is 0.251 e. The first-order valence-corrected chi connectivity index (χ1v) is 10.2. The van der Waals surface area contributed by atoms with Gasteiger partial charge < -0.3 is 5.32 Å². The largest absolute Gasteiger partial charge is 0.305 e. The summed E-state index contributed by atoms with van der Waals surface area (Å²) in [4.78, 5) is 25.9. The van der Waals surface area contributed by atoms with E-state index >= 15 is 0 Å². The lowest BCUT2D eigenvalue weighted by atomic mass is 10.1. The fraction of sp³-hybridized carbons (Fsp3) is 0.222. The van der Waals surface area contributed by atoms with E-state index in [0.29, 0.717) is 23.7 Å². The number of nitrogens with zero attached hydrogens (tertiary/aromatic N) is 1. The van der Waals surface area contributed by atoms with E-state index in [-0.39, 0.29) is 23.1 Å². The molecule has 1 saturated heterocycles. The highest BCUT2D eigenvalue weighted by Gasteiger charge is 2.39. The number of primary sulfonamides is 1. The van der Waals surface area contributed by atoms with E-state index in [2.05, 4.69) is 5.32 Å². The van der Waals surface area contributed by atoms with E-state index < -0.39 is 16.1 Å². The van der Waals surface area contributed by atoms with Crippen LogP contribution in [0.3, 0.4) is 0 Å². The maximum atomic E-state index is 12.5. The number of carbonyl (C=O) groups is 2. The lowest BCUT2D eigenvalue weighted by molar-refractivity contribution is -0.121. The zero-order valence-corrected chi connectivity index (χ0v) is 15.8. The molecule has 0 bridgehead atoms. The van der Waals surface area contributed by atoms with Crippen LogP contribution in [0.25, 0.3) is 0 Å². The minimum Gasteiger partial charge on any atom is -0.305 e. The monoisotopic (exact) mass is 407 g/mol. The Morgan fingerprint density at radius 1 is 1.07 bits per heavy atom. The van der Waals surface area contributed by atoms with Gasteiger partial charge in [-0.05, 0) is 54.9 Å². The van der Waals surface area contributed by atoms with Crippen LogP contribution >= 0.6 is 11.6 Å². The number of hydrogen-bond acceptors (Lipinski definition) is 5. The summed E-state index contributed by atoms with van der Waals surface area (Å²) in [6, 6.07) is 12.2. The molecule has 0 saturated carbocycles. The number of amides is 2. The Balaban J connectivity index is 1.58. The Kier molecular flexibility index (Phi) is 5.61. The maximum absolute atomic E-state index is 12.5. The average Bonchev–Trinajstić information content (AvgIpc) is 2.89. The standard InChI is InChI=1S/C18H18ClN3O4S/c19-13-3-5-14(6-4-13)22-17(23)11-16(18(22)24)21-10-9-12-1-7-15(8-2-12)27(20,25)26/h1-8,16,21H,9-11H2,(H2,20,25,26). The van der Waals surface area contributed by atoms with Crippen LogP contribution in [-0.4, -0.2) is 32.8 Å². The second kappa shape index (κ2) is 7.77. The molecule has 1 unspecified atom stereocenters. The molecule has 9 heteroatoms. The summed E-state index contributed by atoms with van der Waals surface area (Å²) in [6.45, 7) is 0.465. The van der Waals surface area contributed by atoms with Crippen molar-refractivity contribution < 1.29 is 18.0 Å². The molecule has 2 aromatic rings. The highest BCUT2D eigenvalue weighted by Crippen LogP contribution is 2.24. The SMILES string of the molecule is NS(=O)(=O)c1ccc(CCNC2CC(=O)N(c3ccc(Cl)cc3)C2=O)cc1. The average molecular weight is 408 g/mol. The second-order valence-corrected chi connectivity index (χ2v) is 8.19. The molecule has 0 aliphatic carbocycles. The number of carbonyl (C=O) groups excluding carboxylic acids is 2. The van der Waals surface area contributed by atoms with E-state index in [1.165, 1.54) is 12.1 Å². The molecule has 3 rings (SSSR count). The molecule has 1 atom stereocenters. The van der Waals surface area contributed by atoms with Crippen LogP contribution in [-0.2, 0) is 26.0 Å². The third-order valence-corrected chi connectivity index (χ3v) is 5.47. The van der Waals surface area contributed by atoms with Crippen LogP contribution in [0, 0.1) is 0 Å². The van der Waals surface area contributed by atoms with Gasteiger partial charge >= 0.3 is 0 Å². The molecule has 2 amide bonds. The third-order valence-electron chi connectivity index (χ3n) is 4.29. The number of halogens is 1.